The second-order valence-corrected chi connectivity index (χ2v) is 11.7. The zero-order valence-electron chi connectivity index (χ0n) is 14.0. The summed E-state index contributed by atoms with van der Waals surface area (Å²) in [6, 6.07) is 2.97. The van der Waals surface area contributed by atoms with Crippen LogP contribution in [0.1, 0.15) is 17.0 Å². The van der Waals surface area contributed by atoms with Crippen LogP contribution in [0.5, 0.6) is 0 Å². The van der Waals surface area contributed by atoms with Gasteiger partial charge in [-0.2, -0.15) is 8.78 Å². The predicted molar refractivity (Wildman–Crippen MR) is 88.7 cm³/mol. The van der Waals surface area contributed by atoms with Crippen LogP contribution in [0.2, 0.25) is 19.6 Å². The van der Waals surface area contributed by atoms with Crippen LogP contribution in [0.15, 0.2) is 34.6 Å². The molecule has 0 N–H and O–H groups in total. The maximum absolute atomic E-state index is 14.0. The summed E-state index contributed by atoms with van der Waals surface area (Å²) >= 11 is 5.33. The van der Waals surface area contributed by atoms with Crippen molar-refractivity contribution < 1.29 is 27.2 Å². The van der Waals surface area contributed by atoms with Gasteiger partial charge in [0, 0.05) is 13.5 Å². The van der Waals surface area contributed by atoms with Crippen molar-refractivity contribution in [2.75, 3.05) is 7.11 Å². The van der Waals surface area contributed by atoms with Gasteiger partial charge in [-0.3, -0.25) is 4.79 Å². The molecule has 1 aliphatic rings. The van der Waals surface area contributed by atoms with Crippen LogP contribution in [0, 0.1) is 11.8 Å². The van der Waals surface area contributed by atoms with Gasteiger partial charge in [0.25, 0.3) is 0 Å². The monoisotopic (exact) mass is 378 g/mol. The Morgan fingerprint density at radius 2 is 2.08 bits per heavy atom. The summed E-state index contributed by atoms with van der Waals surface area (Å²) < 4.78 is 44.3. The van der Waals surface area contributed by atoms with E-state index in [9.17, 15) is 13.6 Å². The molecule has 0 aromatic carbocycles. The number of halogens is 3. The summed E-state index contributed by atoms with van der Waals surface area (Å²) in [5.41, 5.74) is 0. The van der Waals surface area contributed by atoms with Crippen molar-refractivity contribution in [2.45, 2.75) is 37.5 Å². The molecule has 0 amide bonds. The summed E-state index contributed by atoms with van der Waals surface area (Å²) in [7, 11) is -0.628. The summed E-state index contributed by atoms with van der Waals surface area (Å²) in [5.74, 6) is -2.74. The molecular weight excluding hydrogens is 358 g/mol. The molecule has 0 fully saturated rings. The maximum Gasteiger partial charge on any atom is 0.325 e. The van der Waals surface area contributed by atoms with Crippen LogP contribution in [0.25, 0.3) is 0 Å². The van der Waals surface area contributed by atoms with Crippen LogP contribution < -0.4 is 0 Å². The van der Waals surface area contributed by atoms with E-state index in [1.165, 1.54) is 25.5 Å². The van der Waals surface area contributed by atoms with Crippen molar-refractivity contribution in [2.24, 2.45) is 11.8 Å². The summed E-state index contributed by atoms with van der Waals surface area (Å²) in [6.45, 7) is 5.84. The van der Waals surface area contributed by atoms with Gasteiger partial charge in [-0.25, -0.2) is 0 Å². The highest BCUT2D eigenvalue weighted by Crippen LogP contribution is 2.45. The molecule has 24 heavy (non-hydrogen) atoms. The molecule has 134 valence electrons. The maximum atomic E-state index is 14.0. The minimum absolute atomic E-state index is 0.0101. The third kappa shape index (κ3) is 4.46. The largest absolute Gasteiger partial charge is 0.547 e. The van der Waals surface area contributed by atoms with E-state index < -0.39 is 37.4 Å². The van der Waals surface area contributed by atoms with E-state index in [-0.39, 0.29) is 12.2 Å². The molecular formula is C16H21ClF2O4Si. The molecule has 0 spiro atoms. The number of carbonyl (C=O) groups excluding carboxylic acids is 1. The van der Waals surface area contributed by atoms with Crippen molar-refractivity contribution in [1.82, 2.24) is 0 Å². The fraction of sp³-hybridized carbons (Fsp3) is 0.562. The number of furan rings is 1. The average molecular weight is 379 g/mol. The van der Waals surface area contributed by atoms with E-state index in [1.54, 1.807) is 6.08 Å². The van der Waals surface area contributed by atoms with Crippen molar-refractivity contribution in [1.29, 1.82) is 0 Å². The van der Waals surface area contributed by atoms with Crippen molar-refractivity contribution in [3.05, 3.63) is 36.0 Å². The van der Waals surface area contributed by atoms with Crippen molar-refractivity contribution >= 4 is 25.7 Å². The first-order valence-corrected chi connectivity index (χ1v) is 11.4. The Balaban J connectivity index is 2.40. The van der Waals surface area contributed by atoms with Gasteiger partial charge in [-0.15, -0.1) is 0 Å². The van der Waals surface area contributed by atoms with E-state index in [1.807, 2.05) is 19.6 Å². The molecule has 0 bridgehead atoms. The molecule has 1 unspecified atom stereocenters. The first-order valence-electron chi connectivity index (χ1n) is 7.60. The first kappa shape index (κ1) is 19.1. The SMILES string of the molecule is COC1C=C(O[Si](C)(C)C)C[C@H](C(F)(F)Cl)[C@H]1C(=O)c1ccco1. The second-order valence-electron chi connectivity index (χ2n) is 6.77. The molecule has 1 aromatic rings. The highest BCUT2D eigenvalue weighted by molar-refractivity contribution is 6.70. The zero-order valence-corrected chi connectivity index (χ0v) is 15.8. The lowest BCUT2D eigenvalue weighted by molar-refractivity contribution is -0.0418. The van der Waals surface area contributed by atoms with Crippen LogP contribution in [-0.2, 0) is 9.16 Å². The number of ether oxygens (including phenoxy) is 1. The fourth-order valence-corrected chi connectivity index (χ4v) is 4.00. The average Bonchev–Trinajstić information content (AvgIpc) is 2.97. The lowest BCUT2D eigenvalue weighted by atomic mass is 9.77. The number of methoxy groups -OCH3 is 1. The molecule has 1 aromatic heterocycles. The predicted octanol–water partition coefficient (Wildman–Crippen LogP) is 4.68. The molecule has 4 nitrogen and oxygen atoms in total. The lowest BCUT2D eigenvalue weighted by Gasteiger charge is -2.38. The molecule has 1 heterocycles. The number of hydrogen-bond donors (Lipinski definition) is 0. The van der Waals surface area contributed by atoms with Gasteiger partial charge in [-0.1, -0.05) is 0 Å². The lowest BCUT2D eigenvalue weighted by Crippen LogP contribution is -2.45. The molecule has 0 saturated heterocycles. The minimum Gasteiger partial charge on any atom is -0.547 e. The highest BCUT2D eigenvalue weighted by Gasteiger charge is 2.52. The van der Waals surface area contributed by atoms with Gasteiger partial charge in [0.05, 0.1) is 30.0 Å². The van der Waals surface area contributed by atoms with E-state index in [2.05, 4.69) is 0 Å². The standard InChI is InChI=1S/C16H21ClF2O4Si/c1-21-13-9-10(23-24(2,3)4)8-11(16(17,18)19)14(13)15(20)12-6-5-7-22-12/h5-7,9,11,13-14H,8H2,1-4H3/t11-,13?,14+/m0/s1. The van der Waals surface area contributed by atoms with E-state index in [0.717, 1.165) is 0 Å². The summed E-state index contributed by atoms with van der Waals surface area (Å²) in [6.07, 6.45) is 1.93. The zero-order chi connectivity index (χ0) is 18.1. The quantitative estimate of drug-likeness (QED) is 0.409. The Bertz CT molecular complexity index is 605. The number of carbonyl (C=O) groups is 1. The molecule has 1 aliphatic carbocycles. The van der Waals surface area contributed by atoms with E-state index in [0.29, 0.717) is 5.76 Å². The van der Waals surface area contributed by atoms with Crippen LogP contribution in [-0.4, -0.2) is 32.7 Å². The fourth-order valence-electron chi connectivity index (χ4n) is 2.85. The first-order chi connectivity index (χ1) is 11.0. The van der Waals surface area contributed by atoms with Gasteiger partial charge in [-0.05, 0) is 49.5 Å². The van der Waals surface area contributed by atoms with Gasteiger partial charge < -0.3 is 13.6 Å². The van der Waals surface area contributed by atoms with Crippen LogP contribution >= 0.6 is 11.6 Å². The summed E-state index contributed by atoms with van der Waals surface area (Å²) in [5, 5.41) is -3.58. The minimum atomic E-state index is -3.58. The number of hydrogen-bond acceptors (Lipinski definition) is 4. The van der Waals surface area contributed by atoms with Crippen molar-refractivity contribution in [3.63, 3.8) is 0 Å². The Morgan fingerprint density at radius 1 is 1.42 bits per heavy atom. The molecule has 3 atom stereocenters. The Kier molecular flexibility index (Phi) is 5.56. The molecule has 0 radical (unpaired) electrons. The smallest absolute Gasteiger partial charge is 0.325 e. The van der Waals surface area contributed by atoms with E-state index in [4.69, 9.17) is 25.2 Å². The third-order valence-corrected chi connectivity index (χ3v) is 4.91. The highest BCUT2D eigenvalue weighted by atomic mass is 35.5. The van der Waals surface area contributed by atoms with Gasteiger partial charge >= 0.3 is 5.38 Å². The van der Waals surface area contributed by atoms with Crippen LogP contribution in [0.3, 0.4) is 0 Å². The Morgan fingerprint density at radius 3 is 2.54 bits per heavy atom. The summed E-state index contributed by atoms with van der Waals surface area (Å²) in [4.78, 5) is 12.7. The number of ketones is 1. The molecule has 0 aliphatic heterocycles. The van der Waals surface area contributed by atoms with E-state index >= 15 is 0 Å². The topological polar surface area (TPSA) is 48.7 Å². The normalized spacial score (nSPS) is 25.3. The Hall–Kier alpha value is -1.18. The second kappa shape index (κ2) is 6.97. The van der Waals surface area contributed by atoms with Gasteiger partial charge in [0.15, 0.2) is 5.76 Å². The van der Waals surface area contributed by atoms with Crippen LogP contribution in [0.4, 0.5) is 8.78 Å². The van der Waals surface area contributed by atoms with Gasteiger partial charge in [0.2, 0.25) is 14.1 Å². The third-order valence-electron chi connectivity index (χ3n) is 3.76. The molecule has 8 heteroatoms. The van der Waals surface area contributed by atoms with Gasteiger partial charge in [0.1, 0.15) is 0 Å². The number of Topliss-reactive ketones (excluding diaryl/α,β-unsaturated/α-hetero) is 1. The number of allylic oxidation sites excluding steroid dienone is 1. The molecule has 0 saturated carbocycles. The van der Waals surface area contributed by atoms with Crippen molar-refractivity contribution in [3.8, 4) is 0 Å². The molecule has 2 rings (SSSR count). The number of rotatable bonds is 6. The Labute approximate surface area is 145 Å². The number of alkyl halides is 3.